The molecule has 1 amide bonds. The first-order valence-corrected chi connectivity index (χ1v) is 10.3. The predicted octanol–water partition coefficient (Wildman–Crippen LogP) is 5.09. The highest BCUT2D eigenvalue weighted by atomic mass is 16.5. The topological polar surface area (TPSA) is 94.9 Å². The second kappa shape index (κ2) is 9.52. The van der Waals surface area contributed by atoms with Crippen LogP contribution in [-0.2, 0) is 0 Å². The van der Waals surface area contributed by atoms with Gasteiger partial charge in [0.1, 0.15) is 17.1 Å². The van der Waals surface area contributed by atoms with Crippen molar-refractivity contribution >= 4 is 28.4 Å². The van der Waals surface area contributed by atoms with Crippen molar-refractivity contribution in [2.75, 3.05) is 26.6 Å². The van der Waals surface area contributed by atoms with Gasteiger partial charge in [-0.1, -0.05) is 30.3 Å². The van der Waals surface area contributed by atoms with E-state index >= 15 is 0 Å². The van der Waals surface area contributed by atoms with Crippen LogP contribution in [0.25, 0.3) is 11.0 Å². The number of anilines is 2. The summed E-state index contributed by atoms with van der Waals surface area (Å²) in [5, 5.41) is 6.96. The maximum absolute atomic E-state index is 13.0. The van der Waals surface area contributed by atoms with E-state index in [4.69, 9.17) is 18.6 Å². The van der Waals surface area contributed by atoms with Gasteiger partial charge in [-0.25, -0.2) is 4.98 Å². The van der Waals surface area contributed by atoms with Crippen LogP contribution in [0.3, 0.4) is 0 Å². The molecule has 0 saturated carbocycles. The molecule has 2 aromatic heterocycles. The first kappa shape index (κ1) is 22.0. The van der Waals surface area contributed by atoms with Crippen molar-refractivity contribution in [2.45, 2.75) is 13.0 Å². The van der Waals surface area contributed by atoms with E-state index in [9.17, 15) is 4.79 Å². The van der Waals surface area contributed by atoms with Crippen LogP contribution in [0.5, 0.6) is 17.2 Å². The second-order valence-corrected chi connectivity index (χ2v) is 7.33. The van der Waals surface area contributed by atoms with Crippen LogP contribution in [0.15, 0.2) is 65.3 Å². The fourth-order valence-electron chi connectivity index (χ4n) is 3.56. The Morgan fingerprint density at radius 1 is 0.970 bits per heavy atom. The molecule has 0 spiro atoms. The first-order valence-electron chi connectivity index (χ1n) is 10.3. The van der Waals surface area contributed by atoms with E-state index in [1.165, 1.54) is 0 Å². The summed E-state index contributed by atoms with van der Waals surface area (Å²) in [4.78, 5) is 17.6. The number of nitrogens with zero attached hydrogens (tertiary/aromatic N) is 1. The molecule has 0 fully saturated rings. The SMILES string of the molecule is COc1cc(Nc2nc(C(=O)N[C@@H](C)c3ccccc3)cc3occc23)cc(OC)c1OC. The Labute approximate surface area is 191 Å². The summed E-state index contributed by atoms with van der Waals surface area (Å²) in [5.74, 6) is 1.63. The lowest BCUT2D eigenvalue weighted by Crippen LogP contribution is -2.27. The zero-order valence-electron chi connectivity index (χ0n) is 18.8. The first-order chi connectivity index (χ1) is 16.0. The van der Waals surface area contributed by atoms with Crippen molar-refractivity contribution in [3.63, 3.8) is 0 Å². The van der Waals surface area contributed by atoms with Gasteiger partial charge in [0.05, 0.1) is 39.0 Å². The standard InChI is InChI=1S/C25H25N3O5/c1-15(16-8-6-5-7-9-16)26-25(29)19-14-20-18(10-11-33-20)24(28-19)27-17-12-21(30-2)23(32-4)22(13-17)31-3/h5-15H,1-4H3,(H,26,29)(H,27,28)/t15-/m0/s1. The normalized spacial score (nSPS) is 11.6. The average molecular weight is 447 g/mol. The predicted molar refractivity (Wildman–Crippen MR) is 126 cm³/mol. The lowest BCUT2D eigenvalue weighted by Gasteiger charge is -2.16. The van der Waals surface area contributed by atoms with E-state index in [-0.39, 0.29) is 17.6 Å². The smallest absolute Gasteiger partial charge is 0.270 e. The molecule has 0 aliphatic heterocycles. The van der Waals surface area contributed by atoms with Gasteiger partial charge in [0.15, 0.2) is 11.5 Å². The number of fused-ring (bicyclic) bond motifs is 1. The van der Waals surface area contributed by atoms with Gasteiger partial charge in [0.25, 0.3) is 5.91 Å². The molecule has 0 aliphatic carbocycles. The monoisotopic (exact) mass is 447 g/mol. The van der Waals surface area contributed by atoms with Crippen molar-refractivity contribution in [2.24, 2.45) is 0 Å². The Morgan fingerprint density at radius 3 is 2.30 bits per heavy atom. The fraction of sp³-hybridized carbons (Fsp3) is 0.200. The molecule has 4 rings (SSSR count). The van der Waals surface area contributed by atoms with E-state index in [0.717, 1.165) is 10.9 Å². The highest BCUT2D eigenvalue weighted by Gasteiger charge is 2.18. The minimum atomic E-state index is -0.308. The zero-order valence-corrected chi connectivity index (χ0v) is 18.8. The summed E-state index contributed by atoms with van der Waals surface area (Å²) in [7, 11) is 4.64. The molecule has 2 N–H and O–H groups in total. The van der Waals surface area contributed by atoms with Gasteiger partial charge < -0.3 is 29.3 Å². The highest BCUT2D eigenvalue weighted by Crippen LogP contribution is 2.41. The van der Waals surface area contributed by atoms with Crippen LogP contribution in [0.1, 0.15) is 29.0 Å². The van der Waals surface area contributed by atoms with Crippen LogP contribution in [-0.4, -0.2) is 32.2 Å². The van der Waals surface area contributed by atoms with Crippen LogP contribution in [0.2, 0.25) is 0 Å². The lowest BCUT2D eigenvalue weighted by molar-refractivity contribution is 0.0935. The minimum Gasteiger partial charge on any atom is -0.493 e. The molecule has 0 radical (unpaired) electrons. The van der Waals surface area contributed by atoms with Crippen molar-refractivity contribution in [1.82, 2.24) is 10.3 Å². The summed E-state index contributed by atoms with van der Waals surface area (Å²) < 4.78 is 21.8. The number of rotatable bonds is 8. The summed E-state index contributed by atoms with van der Waals surface area (Å²) in [6, 6.07) is 16.5. The number of amides is 1. The molecule has 4 aromatic rings. The molecule has 0 unspecified atom stereocenters. The molecule has 0 aliphatic rings. The van der Waals surface area contributed by atoms with Crippen LogP contribution < -0.4 is 24.8 Å². The molecule has 0 saturated heterocycles. The number of carbonyl (C=O) groups excluding carboxylic acids is 1. The Morgan fingerprint density at radius 2 is 1.67 bits per heavy atom. The zero-order chi connectivity index (χ0) is 23.4. The number of hydrogen-bond acceptors (Lipinski definition) is 7. The number of furan rings is 1. The Bertz CT molecular complexity index is 1240. The van der Waals surface area contributed by atoms with Gasteiger partial charge in [-0.3, -0.25) is 4.79 Å². The molecule has 33 heavy (non-hydrogen) atoms. The van der Waals surface area contributed by atoms with Crippen LogP contribution in [0, 0.1) is 0 Å². The maximum atomic E-state index is 13.0. The third kappa shape index (κ3) is 4.55. The summed E-state index contributed by atoms with van der Waals surface area (Å²) in [5.41, 5.74) is 2.42. The Balaban J connectivity index is 1.67. The summed E-state index contributed by atoms with van der Waals surface area (Å²) in [6.45, 7) is 1.92. The van der Waals surface area contributed by atoms with E-state index in [0.29, 0.717) is 34.3 Å². The van der Waals surface area contributed by atoms with Gasteiger partial charge in [0.2, 0.25) is 5.75 Å². The number of benzene rings is 2. The molecular formula is C25H25N3O5. The van der Waals surface area contributed by atoms with E-state index < -0.39 is 0 Å². The number of pyridine rings is 1. The molecule has 8 heteroatoms. The van der Waals surface area contributed by atoms with Gasteiger partial charge >= 0.3 is 0 Å². The van der Waals surface area contributed by atoms with E-state index in [1.54, 1.807) is 51.9 Å². The lowest BCUT2D eigenvalue weighted by atomic mass is 10.1. The Kier molecular flexibility index (Phi) is 6.35. The number of aromatic nitrogens is 1. The number of carbonyl (C=O) groups is 1. The van der Waals surface area contributed by atoms with E-state index in [1.807, 2.05) is 37.3 Å². The number of nitrogens with one attached hydrogen (secondary N) is 2. The molecule has 0 bridgehead atoms. The summed E-state index contributed by atoms with van der Waals surface area (Å²) in [6.07, 6.45) is 1.56. The van der Waals surface area contributed by atoms with Crippen LogP contribution >= 0.6 is 0 Å². The minimum absolute atomic E-state index is 0.181. The third-order valence-corrected chi connectivity index (χ3v) is 5.26. The third-order valence-electron chi connectivity index (χ3n) is 5.26. The molecule has 2 heterocycles. The van der Waals surface area contributed by atoms with Crippen molar-refractivity contribution < 1.29 is 23.4 Å². The molecule has 1 atom stereocenters. The molecular weight excluding hydrogens is 422 g/mol. The number of methoxy groups -OCH3 is 3. The molecule has 170 valence electrons. The highest BCUT2D eigenvalue weighted by molar-refractivity contribution is 5.99. The second-order valence-electron chi connectivity index (χ2n) is 7.33. The fourth-order valence-corrected chi connectivity index (χ4v) is 3.56. The quantitative estimate of drug-likeness (QED) is 0.389. The average Bonchev–Trinajstić information content (AvgIpc) is 3.33. The molecule has 8 nitrogen and oxygen atoms in total. The van der Waals surface area contributed by atoms with Gasteiger partial charge in [-0.05, 0) is 18.6 Å². The van der Waals surface area contributed by atoms with Crippen LogP contribution in [0.4, 0.5) is 11.5 Å². The summed E-state index contributed by atoms with van der Waals surface area (Å²) >= 11 is 0. The maximum Gasteiger partial charge on any atom is 0.270 e. The van der Waals surface area contributed by atoms with Crippen molar-refractivity contribution in [3.05, 3.63) is 72.1 Å². The van der Waals surface area contributed by atoms with Gasteiger partial charge in [0, 0.05) is 23.9 Å². The Hall–Kier alpha value is -4.20. The molecule has 2 aromatic carbocycles. The largest absolute Gasteiger partial charge is 0.493 e. The van der Waals surface area contributed by atoms with Crippen molar-refractivity contribution in [3.8, 4) is 17.2 Å². The number of ether oxygens (including phenoxy) is 3. The van der Waals surface area contributed by atoms with E-state index in [2.05, 4.69) is 15.6 Å². The van der Waals surface area contributed by atoms with Crippen molar-refractivity contribution in [1.29, 1.82) is 0 Å². The number of hydrogen-bond donors (Lipinski definition) is 2. The van der Waals surface area contributed by atoms with Gasteiger partial charge in [-0.2, -0.15) is 0 Å². The van der Waals surface area contributed by atoms with Gasteiger partial charge in [-0.15, -0.1) is 0 Å².